The first kappa shape index (κ1) is 9.70. The Hall–Kier alpha value is -0.300. The van der Waals surface area contributed by atoms with Gasteiger partial charge in [-0.1, -0.05) is 33.8 Å². The lowest BCUT2D eigenvalue weighted by Crippen LogP contribution is -2.38. The minimum absolute atomic E-state index is 0.241. The van der Waals surface area contributed by atoms with Gasteiger partial charge in [-0.3, -0.25) is 0 Å². The van der Waals surface area contributed by atoms with Crippen molar-refractivity contribution in [3.63, 3.8) is 0 Å². The molecular formula is C9H18O. The van der Waals surface area contributed by atoms with Crippen LogP contribution in [0, 0.1) is 11.8 Å². The van der Waals surface area contributed by atoms with Gasteiger partial charge in [0, 0.05) is 0 Å². The van der Waals surface area contributed by atoms with E-state index in [4.69, 9.17) is 0 Å². The summed E-state index contributed by atoms with van der Waals surface area (Å²) in [6.45, 7) is 11.6. The molecule has 0 unspecified atom stereocenters. The molecular weight excluding hydrogens is 124 g/mol. The fourth-order valence-corrected chi connectivity index (χ4v) is 1.14. The van der Waals surface area contributed by atoms with Gasteiger partial charge in [-0.05, 0) is 11.8 Å². The molecule has 0 saturated carbocycles. The lowest BCUT2D eigenvalue weighted by molar-refractivity contribution is 0.0000130. The molecule has 0 atom stereocenters. The lowest BCUT2D eigenvalue weighted by atomic mass is 9.81. The molecule has 0 amide bonds. The molecule has 0 rings (SSSR count). The predicted molar refractivity (Wildman–Crippen MR) is 44.8 cm³/mol. The van der Waals surface area contributed by atoms with Crippen LogP contribution in [-0.2, 0) is 0 Å². The molecule has 0 aliphatic heterocycles. The Morgan fingerprint density at radius 1 is 1.20 bits per heavy atom. The predicted octanol–water partition coefficient (Wildman–Crippen LogP) is 2.22. The number of hydrogen-bond donors (Lipinski definition) is 1. The fourth-order valence-electron chi connectivity index (χ4n) is 1.14. The molecule has 0 bridgehead atoms. The van der Waals surface area contributed by atoms with E-state index in [0.29, 0.717) is 0 Å². The Bertz CT molecular complexity index is 106. The van der Waals surface area contributed by atoms with E-state index in [9.17, 15) is 5.11 Å². The van der Waals surface area contributed by atoms with Crippen LogP contribution >= 0.6 is 0 Å². The van der Waals surface area contributed by atoms with Gasteiger partial charge in [0.05, 0.1) is 5.60 Å². The fraction of sp³-hybridized carbons (Fsp3) is 0.778. The number of rotatable bonds is 3. The highest BCUT2D eigenvalue weighted by Crippen LogP contribution is 2.26. The summed E-state index contributed by atoms with van der Waals surface area (Å²) >= 11 is 0. The van der Waals surface area contributed by atoms with Crippen molar-refractivity contribution in [1.29, 1.82) is 0 Å². The largest absolute Gasteiger partial charge is 0.385 e. The normalized spacial score (nSPS) is 12.7. The number of aliphatic hydroxyl groups is 1. The smallest absolute Gasteiger partial charge is 0.0870 e. The van der Waals surface area contributed by atoms with Gasteiger partial charge in [-0.25, -0.2) is 0 Å². The average molecular weight is 142 g/mol. The summed E-state index contributed by atoms with van der Waals surface area (Å²) in [7, 11) is 0. The maximum absolute atomic E-state index is 9.86. The summed E-state index contributed by atoms with van der Waals surface area (Å²) in [5, 5.41) is 9.86. The Kier molecular flexibility index (Phi) is 3.10. The molecule has 10 heavy (non-hydrogen) atoms. The van der Waals surface area contributed by atoms with E-state index in [2.05, 4.69) is 6.58 Å². The highest BCUT2D eigenvalue weighted by Gasteiger charge is 2.30. The zero-order valence-corrected chi connectivity index (χ0v) is 7.39. The third-order valence-electron chi connectivity index (χ3n) is 2.18. The van der Waals surface area contributed by atoms with Crippen molar-refractivity contribution < 1.29 is 5.11 Å². The van der Waals surface area contributed by atoms with Gasteiger partial charge in [0.15, 0.2) is 0 Å². The van der Waals surface area contributed by atoms with E-state index in [1.54, 1.807) is 6.08 Å². The van der Waals surface area contributed by atoms with E-state index in [1.165, 1.54) is 0 Å². The van der Waals surface area contributed by atoms with Crippen molar-refractivity contribution in [2.24, 2.45) is 11.8 Å². The standard InChI is InChI=1S/C9H18O/c1-6-9(10,7(2)3)8(4)5/h6-8,10H,1H2,2-5H3. The van der Waals surface area contributed by atoms with Crippen LogP contribution in [0.3, 0.4) is 0 Å². The average Bonchev–Trinajstić information content (AvgIpc) is 1.85. The molecule has 1 heteroatoms. The first-order chi connectivity index (χ1) is 4.45. The monoisotopic (exact) mass is 142 g/mol. The van der Waals surface area contributed by atoms with Gasteiger partial charge < -0.3 is 5.11 Å². The minimum Gasteiger partial charge on any atom is -0.385 e. The Balaban J connectivity index is 4.38. The maximum Gasteiger partial charge on any atom is 0.0870 e. The Morgan fingerprint density at radius 3 is 1.50 bits per heavy atom. The summed E-state index contributed by atoms with van der Waals surface area (Å²) in [5.74, 6) is 0.481. The van der Waals surface area contributed by atoms with Crippen LogP contribution in [-0.4, -0.2) is 10.7 Å². The van der Waals surface area contributed by atoms with E-state index < -0.39 is 5.60 Å². The first-order valence-electron chi connectivity index (χ1n) is 3.81. The molecule has 0 saturated heterocycles. The van der Waals surface area contributed by atoms with Gasteiger partial charge in [-0.2, -0.15) is 0 Å². The van der Waals surface area contributed by atoms with Crippen LogP contribution in [0.5, 0.6) is 0 Å². The van der Waals surface area contributed by atoms with E-state index >= 15 is 0 Å². The zero-order valence-electron chi connectivity index (χ0n) is 7.39. The van der Waals surface area contributed by atoms with Crippen LogP contribution in [0.4, 0.5) is 0 Å². The van der Waals surface area contributed by atoms with Crippen molar-refractivity contribution in [3.8, 4) is 0 Å². The molecule has 1 N–H and O–H groups in total. The Labute approximate surface area is 63.8 Å². The summed E-state index contributed by atoms with van der Waals surface area (Å²) in [6.07, 6.45) is 1.64. The van der Waals surface area contributed by atoms with E-state index in [1.807, 2.05) is 27.7 Å². The van der Waals surface area contributed by atoms with E-state index in [-0.39, 0.29) is 11.8 Å². The van der Waals surface area contributed by atoms with Crippen molar-refractivity contribution in [3.05, 3.63) is 12.7 Å². The summed E-state index contributed by atoms with van der Waals surface area (Å²) in [6, 6.07) is 0. The lowest BCUT2D eigenvalue weighted by Gasteiger charge is -2.32. The quantitative estimate of drug-likeness (QED) is 0.599. The minimum atomic E-state index is -0.694. The molecule has 60 valence electrons. The molecule has 0 aromatic carbocycles. The van der Waals surface area contributed by atoms with Crippen molar-refractivity contribution in [1.82, 2.24) is 0 Å². The second-order valence-corrected chi connectivity index (χ2v) is 3.40. The van der Waals surface area contributed by atoms with E-state index in [0.717, 1.165) is 0 Å². The molecule has 0 aliphatic rings. The zero-order chi connectivity index (χ0) is 8.36. The second-order valence-electron chi connectivity index (χ2n) is 3.40. The van der Waals surface area contributed by atoms with Crippen LogP contribution in [0.1, 0.15) is 27.7 Å². The Morgan fingerprint density at radius 2 is 1.50 bits per heavy atom. The second kappa shape index (κ2) is 3.20. The van der Waals surface area contributed by atoms with Gasteiger partial charge >= 0.3 is 0 Å². The molecule has 0 spiro atoms. The summed E-state index contributed by atoms with van der Waals surface area (Å²) in [5.41, 5.74) is -0.694. The third kappa shape index (κ3) is 1.60. The SMILES string of the molecule is C=CC(O)(C(C)C)C(C)C. The molecule has 0 heterocycles. The molecule has 0 aromatic heterocycles. The van der Waals surface area contributed by atoms with Gasteiger partial charge in [0.2, 0.25) is 0 Å². The molecule has 0 aromatic rings. The highest BCUT2D eigenvalue weighted by molar-refractivity contribution is 4.99. The molecule has 0 radical (unpaired) electrons. The van der Waals surface area contributed by atoms with Crippen LogP contribution in [0.25, 0.3) is 0 Å². The molecule has 0 fully saturated rings. The summed E-state index contributed by atoms with van der Waals surface area (Å²) in [4.78, 5) is 0. The summed E-state index contributed by atoms with van der Waals surface area (Å²) < 4.78 is 0. The van der Waals surface area contributed by atoms with Crippen molar-refractivity contribution in [2.45, 2.75) is 33.3 Å². The maximum atomic E-state index is 9.86. The van der Waals surface area contributed by atoms with Crippen LogP contribution in [0.2, 0.25) is 0 Å². The van der Waals surface area contributed by atoms with Crippen LogP contribution < -0.4 is 0 Å². The van der Waals surface area contributed by atoms with Crippen molar-refractivity contribution in [2.75, 3.05) is 0 Å². The van der Waals surface area contributed by atoms with Gasteiger partial charge in [0.1, 0.15) is 0 Å². The topological polar surface area (TPSA) is 20.2 Å². The highest BCUT2D eigenvalue weighted by atomic mass is 16.3. The number of hydrogen-bond acceptors (Lipinski definition) is 1. The third-order valence-corrected chi connectivity index (χ3v) is 2.18. The molecule has 0 aliphatic carbocycles. The van der Waals surface area contributed by atoms with Crippen molar-refractivity contribution >= 4 is 0 Å². The molecule has 1 nitrogen and oxygen atoms in total. The van der Waals surface area contributed by atoms with Crippen LogP contribution in [0.15, 0.2) is 12.7 Å². The first-order valence-corrected chi connectivity index (χ1v) is 3.81. The van der Waals surface area contributed by atoms with Gasteiger partial charge in [-0.15, -0.1) is 6.58 Å². The van der Waals surface area contributed by atoms with Gasteiger partial charge in [0.25, 0.3) is 0 Å².